The van der Waals surface area contributed by atoms with Crippen LogP contribution in [-0.2, 0) is 9.59 Å². The summed E-state index contributed by atoms with van der Waals surface area (Å²) in [6.07, 6.45) is 2.37. The van der Waals surface area contributed by atoms with Crippen LogP contribution in [0.1, 0.15) is 46.5 Å². The van der Waals surface area contributed by atoms with E-state index >= 15 is 0 Å². The van der Waals surface area contributed by atoms with E-state index in [-0.39, 0.29) is 29.3 Å². The van der Waals surface area contributed by atoms with Crippen LogP contribution < -0.4 is 16.4 Å². The highest BCUT2D eigenvalue weighted by molar-refractivity contribution is 5.79. The van der Waals surface area contributed by atoms with Crippen molar-refractivity contribution in [3.05, 3.63) is 0 Å². The third kappa shape index (κ3) is 6.00. The summed E-state index contributed by atoms with van der Waals surface area (Å²) >= 11 is 0. The second kappa shape index (κ2) is 6.18. The molecule has 0 spiro atoms. The molecule has 2 amide bonds. The average molecular weight is 255 g/mol. The Balaban J connectivity index is 2.27. The molecule has 4 N–H and O–H groups in total. The maximum absolute atomic E-state index is 11.8. The van der Waals surface area contributed by atoms with Crippen molar-refractivity contribution >= 4 is 11.8 Å². The third-order valence-electron chi connectivity index (χ3n) is 2.95. The molecule has 2 unspecified atom stereocenters. The van der Waals surface area contributed by atoms with Crippen LogP contribution in [0.4, 0.5) is 0 Å². The highest BCUT2D eigenvalue weighted by Crippen LogP contribution is 2.21. The van der Waals surface area contributed by atoms with Gasteiger partial charge in [0.1, 0.15) is 0 Å². The topological polar surface area (TPSA) is 84.2 Å². The maximum Gasteiger partial charge on any atom is 0.221 e. The van der Waals surface area contributed by atoms with E-state index in [1.807, 2.05) is 0 Å². The lowest BCUT2D eigenvalue weighted by Crippen LogP contribution is -2.48. The number of hydrogen-bond acceptors (Lipinski definition) is 3. The van der Waals surface area contributed by atoms with Gasteiger partial charge in [-0.15, -0.1) is 0 Å². The molecule has 0 bridgehead atoms. The summed E-state index contributed by atoms with van der Waals surface area (Å²) < 4.78 is 0. The van der Waals surface area contributed by atoms with E-state index in [2.05, 4.69) is 31.4 Å². The van der Waals surface area contributed by atoms with Gasteiger partial charge in [0.15, 0.2) is 0 Å². The van der Waals surface area contributed by atoms with Crippen molar-refractivity contribution in [2.45, 2.75) is 58.5 Å². The Morgan fingerprint density at radius 1 is 1.56 bits per heavy atom. The van der Waals surface area contributed by atoms with E-state index in [0.717, 1.165) is 6.42 Å². The number of carbonyl (C=O) groups is 2. The van der Waals surface area contributed by atoms with Gasteiger partial charge in [0, 0.05) is 31.5 Å². The molecule has 104 valence electrons. The Morgan fingerprint density at radius 2 is 2.22 bits per heavy atom. The average Bonchev–Trinajstić information content (AvgIpc) is 2.18. The van der Waals surface area contributed by atoms with Gasteiger partial charge < -0.3 is 16.4 Å². The molecule has 1 aliphatic heterocycles. The van der Waals surface area contributed by atoms with Crippen LogP contribution >= 0.6 is 0 Å². The minimum Gasteiger partial charge on any atom is -0.354 e. The van der Waals surface area contributed by atoms with Crippen LogP contribution in [-0.4, -0.2) is 30.4 Å². The largest absolute Gasteiger partial charge is 0.354 e. The monoisotopic (exact) mass is 255 g/mol. The van der Waals surface area contributed by atoms with Crippen molar-refractivity contribution in [1.29, 1.82) is 0 Å². The number of amides is 2. The summed E-state index contributed by atoms with van der Waals surface area (Å²) in [5.41, 5.74) is 6.09. The first-order chi connectivity index (χ1) is 8.26. The summed E-state index contributed by atoms with van der Waals surface area (Å²) in [5, 5.41) is 5.67. The first-order valence-electron chi connectivity index (χ1n) is 6.58. The quantitative estimate of drug-likeness (QED) is 0.685. The van der Waals surface area contributed by atoms with Gasteiger partial charge in [-0.25, -0.2) is 0 Å². The predicted molar refractivity (Wildman–Crippen MR) is 70.8 cm³/mol. The number of carbonyl (C=O) groups excluding carboxylic acids is 2. The van der Waals surface area contributed by atoms with E-state index in [1.165, 1.54) is 0 Å². The molecule has 18 heavy (non-hydrogen) atoms. The fourth-order valence-corrected chi connectivity index (χ4v) is 2.24. The SMILES string of the molecule is CC(C)(C)CC(N)CC(=O)NC1CCC(=O)NC1. The van der Waals surface area contributed by atoms with Gasteiger partial charge in [-0.2, -0.15) is 0 Å². The number of nitrogens with one attached hydrogen (secondary N) is 2. The molecule has 1 heterocycles. The zero-order chi connectivity index (χ0) is 13.8. The van der Waals surface area contributed by atoms with Crippen molar-refractivity contribution in [3.8, 4) is 0 Å². The second-order valence-corrected chi connectivity index (χ2v) is 6.34. The Hall–Kier alpha value is -1.10. The maximum atomic E-state index is 11.8. The molecular formula is C13H25N3O2. The van der Waals surface area contributed by atoms with E-state index in [4.69, 9.17) is 5.73 Å². The molecule has 5 nitrogen and oxygen atoms in total. The van der Waals surface area contributed by atoms with Gasteiger partial charge in [-0.1, -0.05) is 20.8 Å². The van der Waals surface area contributed by atoms with E-state index in [9.17, 15) is 9.59 Å². The van der Waals surface area contributed by atoms with Crippen molar-refractivity contribution in [2.75, 3.05) is 6.54 Å². The highest BCUT2D eigenvalue weighted by atomic mass is 16.2. The Labute approximate surface area is 109 Å². The zero-order valence-electron chi connectivity index (χ0n) is 11.6. The number of hydrogen-bond donors (Lipinski definition) is 3. The van der Waals surface area contributed by atoms with Gasteiger partial charge >= 0.3 is 0 Å². The lowest BCUT2D eigenvalue weighted by Gasteiger charge is -2.26. The number of nitrogens with two attached hydrogens (primary N) is 1. The fourth-order valence-electron chi connectivity index (χ4n) is 2.24. The molecule has 1 rings (SSSR count). The van der Waals surface area contributed by atoms with Crippen LogP contribution in [0.2, 0.25) is 0 Å². The molecule has 1 fully saturated rings. The van der Waals surface area contributed by atoms with E-state index < -0.39 is 0 Å². The molecule has 0 saturated carbocycles. The summed E-state index contributed by atoms with van der Waals surface area (Å²) in [5.74, 6) is 0.0397. The van der Waals surface area contributed by atoms with Crippen LogP contribution in [0.15, 0.2) is 0 Å². The van der Waals surface area contributed by atoms with Crippen LogP contribution in [0, 0.1) is 5.41 Å². The van der Waals surface area contributed by atoms with Crippen molar-refractivity contribution in [1.82, 2.24) is 10.6 Å². The van der Waals surface area contributed by atoms with Gasteiger partial charge in [0.05, 0.1) is 0 Å². The standard InChI is InChI=1S/C13H25N3O2/c1-13(2,3)7-9(14)6-12(18)16-10-4-5-11(17)15-8-10/h9-10H,4-8,14H2,1-3H3,(H,15,17)(H,16,18). The van der Waals surface area contributed by atoms with E-state index in [1.54, 1.807) is 0 Å². The number of rotatable bonds is 4. The van der Waals surface area contributed by atoms with Crippen molar-refractivity contribution in [2.24, 2.45) is 11.1 Å². The van der Waals surface area contributed by atoms with Gasteiger partial charge in [-0.3, -0.25) is 9.59 Å². The lowest BCUT2D eigenvalue weighted by atomic mass is 9.87. The fraction of sp³-hybridized carbons (Fsp3) is 0.846. The molecule has 0 aliphatic carbocycles. The van der Waals surface area contributed by atoms with Crippen molar-refractivity contribution in [3.63, 3.8) is 0 Å². The Bertz CT molecular complexity index is 300. The molecule has 1 aliphatic rings. The molecular weight excluding hydrogens is 230 g/mol. The summed E-state index contributed by atoms with van der Waals surface area (Å²) in [4.78, 5) is 22.8. The highest BCUT2D eigenvalue weighted by Gasteiger charge is 2.22. The Kier molecular flexibility index (Phi) is 5.14. The number of piperidine rings is 1. The minimum atomic E-state index is -0.108. The van der Waals surface area contributed by atoms with Crippen LogP contribution in [0.5, 0.6) is 0 Å². The minimum absolute atomic E-state index is 0.0205. The molecule has 0 aromatic heterocycles. The normalized spacial score (nSPS) is 22.2. The Morgan fingerprint density at radius 3 is 2.72 bits per heavy atom. The molecule has 0 radical (unpaired) electrons. The van der Waals surface area contributed by atoms with E-state index in [0.29, 0.717) is 25.8 Å². The van der Waals surface area contributed by atoms with Crippen molar-refractivity contribution < 1.29 is 9.59 Å². The van der Waals surface area contributed by atoms with Crippen LogP contribution in [0.3, 0.4) is 0 Å². The summed E-state index contributed by atoms with van der Waals surface area (Å²) in [6, 6.07) is -0.0554. The molecule has 1 saturated heterocycles. The first-order valence-corrected chi connectivity index (χ1v) is 6.58. The predicted octanol–water partition coefficient (Wildman–Crippen LogP) is 0.535. The lowest BCUT2D eigenvalue weighted by molar-refractivity contribution is -0.125. The first kappa shape index (κ1) is 15.0. The summed E-state index contributed by atoms with van der Waals surface area (Å²) in [7, 11) is 0. The molecule has 0 aromatic rings. The smallest absolute Gasteiger partial charge is 0.221 e. The zero-order valence-corrected chi connectivity index (χ0v) is 11.6. The summed E-state index contributed by atoms with van der Waals surface area (Å²) in [6.45, 7) is 6.86. The van der Waals surface area contributed by atoms with Crippen LogP contribution in [0.25, 0.3) is 0 Å². The second-order valence-electron chi connectivity index (χ2n) is 6.34. The molecule has 5 heteroatoms. The van der Waals surface area contributed by atoms with Gasteiger partial charge in [0.2, 0.25) is 11.8 Å². The van der Waals surface area contributed by atoms with Gasteiger partial charge in [-0.05, 0) is 18.3 Å². The molecule has 2 atom stereocenters. The third-order valence-corrected chi connectivity index (χ3v) is 2.95. The molecule has 0 aromatic carbocycles. The van der Waals surface area contributed by atoms with Gasteiger partial charge in [0.25, 0.3) is 0 Å².